The Bertz CT molecular complexity index is 416. The largest absolute Gasteiger partial charge is 0.394 e. The predicted molar refractivity (Wildman–Crippen MR) is 65.4 cm³/mol. The average Bonchev–Trinajstić information content (AvgIpc) is 2.70. The summed E-state index contributed by atoms with van der Waals surface area (Å²) in [6.07, 6.45) is 1.26. The van der Waals surface area contributed by atoms with Crippen LogP contribution >= 0.6 is 0 Å². The monoisotopic (exact) mass is 253 g/mol. The molecule has 0 spiro atoms. The summed E-state index contributed by atoms with van der Waals surface area (Å²) in [4.78, 5) is 12.3. The van der Waals surface area contributed by atoms with Gasteiger partial charge in [-0.1, -0.05) is 0 Å². The minimum atomic E-state index is -0.564. The fourth-order valence-corrected chi connectivity index (χ4v) is 2.27. The van der Waals surface area contributed by atoms with E-state index in [0.717, 1.165) is 5.69 Å². The molecule has 0 aromatic carbocycles. The lowest BCUT2D eigenvalue weighted by atomic mass is 9.90. The van der Waals surface area contributed by atoms with Gasteiger partial charge in [0.05, 0.1) is 23.4 Å². The molecule has 2 rings (SSSR count). The van der Waals surface area contributed by atoms with Crippen LogP contribution in [0.5, 0.6) is 0 Å². The van der Waals surface area contributed by atoms with Crippen LogP contribution in [0.15, 0.2) is 0 Å². The van der Waals surface area contributed by atoms with Crippen LogP contribution in [0.3, 0.4) is 0 Å². The molecule has 100 valence electrons. The van der Waals surface area contributed by atoms with Crippen molar-refractivity contribution in [2.24, 2.45) is 0 Å². The van der Waals surface area contributed by atoms with Gasteiger partial charge in [-0.3, -0.25) is 9.89 Å². The third-order valence-corrected chi connectivity index (χ3v) is 3.49. The molecule has 1 aliphatic heterocycles. The standard InChI is InChI=1S/C12H19N3O3/c1-8-10(9(2)15-14-8)11(17)13-12(7-16)3-5-18-6-4-12/h16H,3-7H2,1-2H3,(H,13,17)(H,14,15). The maximum absolute atomic E-state index is 12.3. The molecule has 1 aromatic heterocycles. The van der Waals surface area contributed by atoms with Gasteiger partial charge in [0.15, 0.2) is 0 Å². The number of aryl methyl sites for hydroxylation is 2. The van der Waals surface area contributed by atoms with E-state index in [1.807, 2.05) is 6.92 Å². The highest BCUT2D eigenvalue weighted by Gasteiger charge is 2.34. The van der Waals surface area contributed by atoms with Crippen LogP contribution in [-0.4, -0.2) is 46.6 Å². The van der Waals surface area contributed by atoms with Gasteiger partial charge < -0.3 is 15.2 Å². The third-order valence-electron chi connectivity index (χ3n) is 3.49. The summed E-state index contributed by atoms with van der Waals surface area (Å²) >= 11 is 0. The van der Waals surface area contributed by atoms with Crippen LogP contribution in [0.25, 0.3) is 0 Å². The number of aliphatic hydroxyl groups is 1. The van der Waals surface area contributed by atoms with E-state index in [1.165, 1.54) is 0 Å². The Hall–Kier alpha value is -1.40. The van der Waals surface area contributed by atoms with Crippen LogP contribution in [0.1, 0.15) is 34.6 Å². The summed E-state index contributed by atoms with van der Waals surface area (Å²) in [5, 5.41) is 19.3. The highest BCUT2D eigenvalue weighted by Crippen LogP contribution is 2.21. The summed E-state index contributed by atoms with van der Waals surface area (Å²) in [5.41, 5.74) is 1.41. The van der Waals surface area contributed by atoms with Crippen molar-refractivity contribution in [1.29, 1.82) is 0 Å². The van der Waals surface area contributed by atoms with E-state index in [4.69, 9.17) is 4.74 Å². The van der Waals surface area contributed by atoms with E-state index < -0.39 is 5.54 Å². The Labute approximate surface area is 106 Å². The molecular formula is C12H19N3O3. The van der Waals surface area contributed by atoms with Crippen molar-refractivity contribution >= 4 is 5.91 Å². The minimum Gasteiger partial charge on any atom is -0.394 e. The van der Waals surface area contributed by atoms with E-state index in [2.05, 4.69) is 15.5 Å². The van der Waals surface area contributed by atoms with Crippen molar-refractivity contribution in [3.63, 3.8) is 0 Å². The molecule has 1 saturated heterocycles. The number of carbonyl (C=O) groups excluding carboxylic acids is 1. The summed E-state index contributed by atoms with van der Waals surface area (Å²) in [6, 6.07) is 0. The van der Waals surface area contributed by atoms with E-state index in [-0.39, 0.29) is 12.5 Å². The molecule has 0 saturated carbocycles. The summed E-state index contributed by atoms with van der Waals surface area (Å²) in [6.45, 7) is 4.64. The lowest BCUT2D eigenvalue weighted by molar-refractivity contribution is 0.0125. The van der Waals surface area contributed by atoms with E-state index in [0.29, 0.717) is 37.3 Å². The summed E-state index contributed by atoms with van der Waals surface area (Å²) < 4.78 is 5.27. The normalized spacial score (nSPS) is 18.6. The molecule has 0 unspecified atom stereocenters. The number of carbonyl (C=O) groups is 1. The highest BCUT2D eigenvalue weighted by molar-refractivity contribution is 5.96. The van der Waals surface area contributed by atoms with Crippen LogP contribution < -0.4 is 5.32 Å². The molecule has 6 nitrogen and oxygen atoms in total. The van der Waals surface area contributed by atoms with Gasteiger partial charge in [0.25, 0.3) is 5.91 Å². The molecule has 0 atom stereocenters. The van der Waals surface area contributed by atoms with E-state index in [9.17, 15) is 9.90 Å². The number of aliphatic hydroxyl groups excluding tert-OH is 1. The van der Waals surface area contributed by atoms with Crippen LogP contribution in [0.2, 0.25) is 0 Å². The molecule has 1 aromatic rings. The first-order valence-electron chi connectivity index (χ1n) is 6.11. The third kappa shape index (κ3) is 2.39. The number of hydrogen-bond acceptors (Lipinski definition) is 4. The van der Waals surface area contributed by atoms with Crippen LogP contribution in [0.4, 0.5) is 0 Å². The van der Waals surface area contributed by atoms with Gasteiger partial charge in [-0.05, 0) is 26.7 Å². The van der Waals surface area contributed by atoms with Gasteiger partial charge in [-0.15, -0.1) is 0 Å². The molecule has 18 heavy (non-hydrogen) atoms. The van der Waals surface area contributed by atoms with Gasteiger partial charge in [0.2, 0.25) is 0 Å². The summed E-state index contributed by atoms with van der Waals surface area (Å²) in [7, 11) is 0. The van der Waals surface area contributed by atoms with Crippen molar-refractivity contribution in [3.8, 4) is 0 Å². The quantitative estimate of drug-likeness (QED) is 0.723. The zero-order chi connectivity index (χ0) is 13.2. The van der Waals surface area contributed by atoms with Crippen molar-refractivity contribution < 1.29 is 14.6 Å². The smallest absolute Gasteiger partial charge is 0.255 e. The number of H-pyrrole nitrogens is 1. The van der Waals surface area contributed by atoms with Gasteiger partial charge in [-0.2, -0.15) is 5.10 Å². The second-order valence-electron chi connectivity index (χ2n) is 4.81. The van der Waals surface area contributed by atoms with Gasteiger partial charge >= 0.3 is 0 Å². The number of aromatic amines is 1. The van der Waals surface area contributed by atoms with Crippen molar-refractivity contribution in [2.75, 3.05) is 19.8 Å². The lowest BCUT2D eigenvalue weighted by Crippen LogP contribution is -2.54. The molecule has 0 bridgehead atoms. The Morgan fingerprint density at radius 2 is 2.17 bits per heavy atom. The Kier molecular flexibility index (Phi) is 3.68. The first kappa shape index (κ1) is 13.0. The number of rotatable bonds is 3. The van der Waals surface area contributed by atoms with Crippen molar-refractivity contribution in [3.05, 3.63) is 17.0 Å². The maximum Gasteiger partial charge on any atom is 0.255 e. The molecular weight excluding hydrogens is 234 g/mol. The fourth-order valence-electron chi connectivity index (χ4n) is 2.27. The Balaban J connectivity index is 2.15. The van der Waals surface area contributed by atoms with Crippen molar-refractivity contribution in [2.45, 2.75) is 32.2 Å². The van der Waals surface area contributed by atoms with Crippen LogP contribution in [0, 0.1) is 13.8 Å². The first-order chi connectivity index (χ1) is 8.58. The molecule has 3 N–H and O–H groups in total. The lowest BCUT2D eigenvalue weighted by Gasteiger charge is -2.36. The second kappa shape index (κ2) is 5.07. The van der Waals surface area contributed by atoms with Gasteiger partial charge in [-0.25, -0.2) is 0 Å². The second-order valence-corrected chi connectivity index (χ2v) is 4.81. The van der Waals surface area contributed by atoms with Gasteiger partial charge in [0.1, 0.15) is 0 Å². The molecule has 1 amide bonds. The number of ether oxygens (including phenoxy) is 1. The van der Waals surface area contributed by atoms with Crippen molar-refractivity contribution in [1.82, 2.24) is 15.5 Å². The topological polar surface area (TPSA) is 87.2 Å². The SMILES string of the molecule is Cc1n[nH]c(C)c1C(=O)NC1(CO)CCOCC1. The highest BCUT2D eigenvalue weighted by atomic mass is 16.5. The minimum absolute atomic E-state index is 0.0714. The molecule has 2 heterocycles. The molecule has 1 fully saturated rings. The number of nitrogens with one attached hydrogen (secondary N) is 2. The number of nitrogens with zero attached hydrogens (tertiary/aromatic N) is 1. The molecule has 6 heteroatoms. The Morgan fingerprint density at radius 3 is 2.67 bits per heavy atom. The van der Waals surface area contributed by atoms with E-state index >= 15 is 0 Å². The molecule has 1 aliphatic rings. The fraction of sp³-hybridized carbons (Fsp3) is 0.667. The first-order valence-corrected chi connectivity index (χ1v) is 6.11. The zero-order valence-electron chi connectivity index (χ0n) is 10.7. The number of aromatic nitrogens is 2. The predicted octanol–water partition coefficient (Wildman–Crippen LogP) is 0.298. The maximum atomic E-state index is 12.3. The molecule has 0 aliphatic carbocycles. The average molecular weight is 253 g/mol. The molecule has 0 radical (unpaired) electrons. The van der Waals surface area contributed by atoms with Gasteiger partial charge in [0, 0.05) is 18.9 Å². The summed E-state index contributed by atoms with van der Waals surface area (Å²) in [5.74, 6) is -0.185. The van der Waals surface area contributed by atoms with E-state index in [1.54, 1.807) is 6.92 Å². The number of amides is 1. The number of hydrogen-bond donors (Lipinski definition) is 3. The van der Waals surface area contributed by atoms with Crippen LogP contribution in [-0.2, 0) is 4.74 Å². The Morgan fingerprint density at radius 1 is 1.50 bits per heavy atom. The zero-order valence-corrected chi connectivity index (χ0v) is 10.7.